The Bertz CT molecular complexity index is 627. The molecule has 3 N–H and O–H groups in total. The van der Waals surface area contributed by atoms with E-state index >= 15 is 0 Å². The van der Waals surface area contributed by atoms with Gasteiger partial charge in [-0.2, -0.15) is 0 Å². The van der Waals surface area contributed by atoms with E-state index in [1.165, 1.54) is 0 Å². The van der Waals surface area contributed by atoms with Gasteiger partial charge >= 0.3 is 18.0 Å². The summed E-state index contributed by atoms with van der Waals surface area (Å²) in [5, 5.41) is 14.5. The normalized spacial score (nSPS) is 12.1. The number of carboxylic acid groups (broad SMARTS) is 1. The molecule has 1 unspecified atom stereocenters. The van der Waals surface area contributed by atoms with Gasteiger partial charge in [0.1, 0.15) is 18.2 Å². The second kappa shape index (κ2) is 12.0. The Morgan fingerprint density at radius 3 is 2.39 bits per heavy atom. The van der Waals surface area contributed by atoms with Crippen LogP contribution in [0.4, 0.5) is 4.79 Å². The fraction of sp³-hybridized carbons (Fsp3) is 0.550. The first-order valence-corrected chi connectivity index (χ1v) is 9.30. The van der Waals surface area contributed by atoms with Gasteiger partial charge in [0, 0.05) is 0 Å². The van der Waals surface area contributed by atoms with Gasteiger partial charge in [0.05, 0.1) is 6.54 Å². The van der Waals surface area contributed by atoms with Crippen LogP contribution in [0.5, 0.6) is 0 Å². The number of esters is 1. The van der Waals surface area contributed by atoms with Crippen molar-refractivity contribution in [3.05, 3.63) is 35.9 Å². The van der Waals surface area contributed by atoms with Gasteiger partial charge in [-0.1, -0.05) is 30.3 Å². The molecule has 28 heavy (non-hydrogen) atoms. The highest BCUT2D eigenvalue weighted by atomic mass is 16.6. The lowest BCUT2D eigenvalue weighted by Crippen LogP contribution is -2.43. The van der Waals surface area contributed by atoms with E-state index in [9.17, 15) is 19.5 Å². The zero-order chi connectivity index (χ0) is 21.0. The highest BCUT2D eigenvalue weighted by Gasteiger charge is 2.23. The van der Waals surface area contributed by atoms with E-state index in [1.807, 2.05) is 30.3 Å². The molecule has 0 radical (unpaired) electrons. The third kappa shape index (κ3) is 11.2. The van der Waals surface area contributed by atoms with Crippen molar-refractivity contribution in [2.45, 2.75) is 58.3 Å². The van der Waals surface area contributed by atoms with Crippen molar-refractivity contribution in [2.75, 3.05) is 13.1 Å². The summed E-state index contributed by atoms with van der Waals surface area (Å²) in [6.45, 7) is 5.99. The van der Waals surface area contributed by atoms with Gasteiger partial charge in [-0.3, -0.25) is 4.79 Å². The number of alkyl carbamates (subject to hydrolysis) is 1. The Morgan fingerprint density at radius 2 is 1.79 bits per heavy atom. The number of aliphatic carboxylic acids is 1. The average molecular weight is 394 g/mol. The molecule has 1 atom stereocenters. The predicted molar refractivity (Wildman–Crippen MR) is 104 cm³/mol. The molecule has 8 nitrogen and oxygen atoms in total. The summed E-state index contributed by atoms with van der Waals surface area (Å²) in [6.07, 6.45) is 0.749. The summed E-state index contributed by atoms with van der Waals surface area (Å²) in [6, 6.07) is 8.40. The molecule has 8 heteroatoms. The summed E-state index contributed by atoms with van der Waals surface area (Å²) < 4.78 is 10.2. The van der Waals surface area contributed by atoms with E-state index in [4.69, 9.17) is 9.47 Å². The van der Waals surface area contributed by atoms with Crippen LogP contribution in [-0.2, 0) is 25.7 Å². The third-order valence-corrected chi connectivity index (χ3v) is 3.60. The Balaban J connectivity index is 2.15. The average Bonchev–Trinajstić information content (AvgIpc) is 2.61. The number of hydrogen-bond donors (Lipinski definition) is 3. The minimum atomic E-state index is -1.11. The largest absolute Gasteiger partial charge is 0.480 e. The standard InChI is InChI=1S/C20H30N2O6/c1-20(2,3)28-19(26)22-16(18(24)25)11-7-8-12-21-13-17(23)27-14-15-9-5-4-6-10-15/h4-6,9-10,16,21H,7-8,11-14H2,1-3H3,(H,22,26)(H,24,25). The van der Waals surface area contributed by atoms with E-state index in [0.29, 0.717) is 19.4 Å². The first-order chi connectivity index (χ1) is 13.2. The van der Waals surface area contributed by atoms with Gasteiger partial charge < -0.3 is 25.2 Å². The van der Waals surface area contributed by atoms with Crippen LogP contribution >= 0.6 is 0 Å². The van der Waals surface area contributed by atoms with Crippen LogP contribution in [-0.4, -0.2) is 47.9 Å². The quantitative estimate of drug-likeness (QED) is 0.390. The lowest BCUT2D eigenvalue weighted by atomic mass is 10.1. The number of rotatable bonds is 11. The maximum Gasteiger partial charge on any atom is 0.408 e. The monoisotopic (exact) mass is 394 g/mol. The summed E-state index contributed by atoms with van der Waals surface area (Å²) in [4.78, 5) is 34.6. The molecule has 0 aliphatic carbocycles. The second-order valence-corrected chi connectivity index (χ2v) is 7.36. The Morgan fingerprint density at radius 1 is 1.11 bits per heavy atom. The molecule has 0 bridgehead atoms. The number of carbonyl (C=O) groups is 3. The fourth-order valence-corrected chi connectivity index (χ4v) is 2.29. The smallest absolute Gasteiger partial charge is 0.408 e. The third-order valence-electron chi connectivity index (χ3n) is 3.60. The summed E-state index contributed by atoms with van der Waals surface area (Å²) in [5.41, 5.74) is 0.236. The van der Waals surface area contributed by atoms with Crippen molar-refractivity contribution in [2.24, 2.45) is 0 Å². The molecule has 0 heterocycles. The number of carbonyl (C=O) groups excluding carboxylic acids is 2. The highest BCUT2D eigenvalue weighted by molar-refractivity contribution is 5.79. The molecule has 0 saturated carbocycles. The molecule has 1 rings (SSSR count). The minimum Gasteiger partial charge on any atom is -0.480 e. The summed E-state index contributed by atoms with van der Waals surface area (Å²) in [7, 11) is 0. The maximum absolute atomic E-state index is 11.7. The first-order valence-electron chi connectivity index (χ1n) is 9.30. The van der Waals surface area contributed by atoms with Gasteiger partial charge in [0.25, 0.3) is 0 Å². The van der Waals surface area contributed by atoms with E-state index in [2.05, 4.69) is 10.6 Å². The van der Waals surface area contributed by atoms with Gasteiger partial charge in [-0.05, 0) is 52.1 Å². The number of carboxylic acids is 1. The van der Waals surface area contributed by atoms with Gasteiger partial charge in [0.2, 0.25) is 0 Å². The van der Waals surface area contributed by atoms with Crippen LogP contribution < -0.4 is 10.6 Å². The molecule has 0 spiro atoms. The van der Waals surface area contributed by atoms with Gasteiger partial charge in [0.15, 0.2) is 0 Å². The van der Waals surface area contributed by atoms with Crippen molar-refractivity contribution in [1.29, 1.82) is 0 Å². The molecular weight excluding hydrogens is 364 g/mol. The van der Waals surface area contributed by atoms with Crippen molar-refractivity contribution >= 4 is 18.0 Å². The summed E-state index contributed by atoms with van der Waals surface area (Å²) >= 11 is 0. The zero-order valence-corrected chi connectivity index (χ0v) is 16.7. The van der Waals surface area contributed by atoms with Crippen molar-refractivity contribution in [3.63, 3.8) is 0 Å². The molecule has 0 aliphatic heterocycles. The van der Waals surface area contributed by atoms with Crippen molar-refractivity contribution in [3.8, 4) is 0 Å². The van der Waals surface area contributed by atoms with E-state index in [0.717, 1.165) is 5.56 Å². The molecule has 0 aromatic heterocycles. The molecular formula is C20H30N2O6. The van der Waals surface area contributed by atoms with Crippen LogP contribution in [0.3, 0.4) is 0 Å². The SMILES string of the molecule is CC(C)(C)OC(=O)NC(CCCCNCC(=O)OCc1ccccc1)C(=O)O. The van der Waals surface area contributed by atoms with E-state index in [-0.39, 0.29) is 25.5 Å². The van der Waals surface area contributed by atoms with Crippen LogP contribution in [0.15, 0.2) is 30.3 Å². The Labute approximate surface area is 165 Å². The number of amides is 1. The van der Waals surface area contributed by atoms with Crippen LogP contribution in [0.2, 0.25) is 0 Å². The van der Waals surface area contributed by atoms with E-state index < -0.39 is 23.7 Å². The predicted octanol–water partition coefficient (Wildman–Crippen LogP) is 2.47. The molecule has 156 valence electrons. The summed E-state index contributed by atoms with van der Waals surface area (Å²) in [5.74, 6) is -1.46. The van der Waals surface area contributed by atoms with Gasteiger partial charge in [-0.25, -0.2) is 9.59 Å². The molecule has 0 fully saturated rings. The maximum atomic E-state index is 11.7. The van der Waals surface area contributed by atoms with Gasteiger partial charge in [-0.15, -0.1) is 0 Å². The van der Waals surface area contributed by atoms with Crippen LogP contribution in [0, 0.1) is 0 Å². The molecule has 1 amide bonds. The lowest BCUT2D eigenvalue weighted by Gasteiger charge is -2.22. The zero-order valence-electron chi connectivity index (χ0n) is 16.7. The number of nitrogens with one attached hydrogen (secondary N) is 2. The van der Waals surface area contributed by atoms with E-state index in [1.54, 1.807) is 20.8 Å². The van der Waals surface area contributed by atoms with Crippen LogP contribution in [0.1, 0.15) is 45.6 Å². The molecule has 0 saturated heterocycles. The number of hydrogen-bond acceptors (Lipinski definition) is 6. The lowest BCUT2D eigenvalue weighted by molar-refractivity contribution is -0.143. The first kappa shape index (κ1) is 23.4. The van der Waals surface area contributed by atoms with Crippen LogP contribution in [0.25, 0.3) is 0 Å². The second-order valence-electron chi connectivity index (χ2n) is 7.36. The number of benzene rings is 1. The molecule has 1 aromatic carbocycles. The van der Waals surface area contributed by atoms with Crippen molar-refractivity contribution < 1.29 is 29.0 Å². The Kier molecular flexibility index (Phi) is 10.0. The number of ether oxygens (including phenoxy) is 2. The topological polar surface area (TPSA) is 114 Å². The van der Waals surface area contributed by atoms with Crippen molar-refractivity contribution in [1.82, 2.24) is 10.6 Å². The minimum absolute atomic E-state index is 0.0886. The number of unbranched alkanes of at least 4 members (excludes halogenated alkanes) is 1. The highest BCUT2D eigenvalue weighted by Crippen LogP contribution is 2.08. The fourth-order valence-electron chi connectivity index (χ4n) is 2.29. The molecule has 0 aliphatic rings. The Hall–Kier alpha value is -2.61. The molecule has 1 aromatic rings.